The molecule has 0 aromatic heterocycles. The molecule has 1 N–H and O–H groups in total. The van der Waals surface area contributed by atoms with E-state index in [4.69, 9.17) is 4.74 Å². The zero-order valence-electron chi connectivity index (χ0n) is 9.05. The second kappa shape index (κ2) is 4.43. The van der Waals surface area contributed by atoms with Crippen molar-refractivity contribution in [3.8, 4) is 0 Å². The summed E-state index contributed by atoms with van der Waals surface area (Å²) in [7, 11) is 1.73. The molecule has 0 bridgehead atoms. The molecule has 2 nitrogen and oxygen atoms in total. The van der Waals surface area contributed by atoms with E-state index < -0.39 is 0 Å². The van der Waals surface area contributed by atoms with Gasteiger partial charge in [-0.05, 0) is 38.5 Å². The molecule has 3 unspecified atom stereocenters. The van der Waals surface area contributed by atoms with Crippen LogP contribution in [0.5, 0.6) is 0 Å². The summed E-state index contributed by atoms with van der Waals surface area (Å²) in [5.41, 5.74) is -0.331. The number of methoxy groups -OCH3 is 1. The van der Waals surface area contributed by atoms with Crippen LogP contribution in [0.2, 0.25) is 0 Å². The Kier molecular flexibility index (Phi) is 3.74. The van der Waals surface area contributed by atoms with Gasteiger partial charge in [0.05, 0.1) is 11.7 Å². The third-order valence-corrected chi connectivity index (χ3v) is 3.22. The van der Waals surface area contributed by atoms with Crippen LogP contribution in [-0.2, 0) is 4.74 Å². The molecule has 0 aromatic carbocycles. The van der Waals surface area contributed by atoms with Crippen molar-refractivity contribution in [1.82, 2.24) is 0 Å². The van der Waals surface area contributed by atoms with Crippen molar-refractivity contribution in [1.29, 1.82) is 0 Å². The minimum Gasteiger partial charge on any atom is -0.390 e. The van der Waals surface area contributed by atoms with Crippen molar-refractivity contribution in [3.63, 3.8) is 0 Å². The van der Waals surface area contributed by atoms with Crippen molar-refractivity contribution in [3.05, 3.63) is 0 Å². The lowest BCUT2D eigenvalue weighted by atomic mass is 10.1. The van der Waals surface area contributed by atoms with Gasteiger partial charge in [-0.2, -0.15) is 0 Å². The first-order valence-electron chi connectivity index (χ1n) is 5.37. The van der Waals surface area contributed by atoms with Gasteiger partial charge in [0.15, 0.2) is 0 Å². The SMILES string of the molecule is CCCC1CC1(O)CCC(C)OC. The molecule has 0 spiro atoms. The van der Waals surface area contributed by atoms with Crippen molar-refractivity contribution in [2.24, 2.45) is 5.92 Å². The Morgan fingerprint density at radius 2 is 2.31 bits per heavy atom. The molecule has 0 aromatic rings. The Balaban J connectivity index is 2.16. The Bertz CT molecular complexity index is 158. The third kappa shape index (κ3) is 2.96. The standard InChI is InChI=1S/C11H22O2/c1-4-5-10-8-11(10,12)7-6-9(2)13-3/h9-10,12H,4-8H2,1-3H3. The molecule has 1 aliphatic rings. The van der Waals surface area contributed by atoms with Gasteiger partial charge in [-0.15, -0.1) is 0 Å². The van der Waals surface area contributed by atoms with Crippen LogP contribution in [0.3, 0.4) is 0 Å². The van der Waals surface area contributed by atoms with Crippen LogP contribution in [0.25, 0.3) is 0 Å². The van der Waals surface area contributed by atoms with Crippen LogP contribution in [0.4, 0.5) is 0 Å². The van der Waals surface area contributed by atoms with E-state index in [2.05, 4.69) is 13.8 Å². The van der Waals surface area contributed by atoms with Crippen molar-refractivity contribution in [2.45, 2.75) is 57.7 Å². The fourth-order valence-electron chi connectivity index (χ4n) is 1.96. The maximum atomic E-state index is 10.0. The Labute approximate surface area is 81.3 Å². The number of aliphatic hydroxyl groups is 1. The van der Waals surface area contributed by atoms with Gasteiger partial charge in [-0.3, -0.25) is 0 Å². The average Bonchev–Trinajstić information content (AvgIpc) is 2.75. The maximum Gasteiger partial charge on any atom is 0.0681 e. The molecule has 13 heavy (non-hydrogen) atoms. The first-order chi connectivity index (χ1) is 6.12. The quantitative estimate of drug-likeness (QED) is 0.690. The van der Waals surface area contributed by atoms with Crippen molar-refractivity contribution < 1.29 is 9.84 Å². The third-order valence-electron chi connectivity index (χ3n) is 3.22. The zero-order valence-corrected chi connectivity index (χ0v) is 9.05. The fourth-order valence-corrected chi connectivity index (χ4v) is 1.96. The zero-order chi connectivity index (χ0) is 9.90. The van der Waals surface area contributed by atoms with Crippen LogP contribution in [0.15, 0.2) is 0 Å². The van der Waals surface area contributed by atoms with E-state index >= 15 is 0 Å². The van der Waals surface area contributed by atoms with Crippen molar-refractivity contribution >= 4 is 0 Å². The molecule has 0 heterocycles. The number of hydrogen-bond acceptors (Lipinski definition) is 2. The average molecular weight is 186 g/mol. The highest BCUT2D eigenvalue weighted by Crippen LogP contribution is 2.49. The molecule has 1 saturated carbocycles. The fraction of sp³-hybridized carbons (Fsp3) is 1.00. The predicted octanol–water partition coefficient (Wildman–Crippen LogP) is 2.35. The number of hydrogen-bond donors (Lipinski definition) is 1. The Morgan fingerprint density at radius 3 is 2.85 bits per heavy atom. The lowest BCUT2D eigenvalue weighted by Crippen LogP contribution is -2.15. The van der Waals surface area contributed by atoms with E-state index in [9.17, 15) is 5.11 Å². The first kappa shape index (κ1) is 11.0. The van der Waals surface area contributed by atoms with E-state index in [0.29, 0.717) is 5.92 Å². The molecule has 2 heteroatoms. The van der Waals surface area contributed by atoms with Crippen LogP contribution in [0.1, 0.15) is 46.0 Å². The summed E-state index contributed by atoms with van der Waals surface area (Å²) in [6, 6.07) is 0. The number of rotatable bonds is 6. The lowest BCUT2D eigenvalue weighted by molar-refractivity contribution is 0.0681. The molecule has 0 aliphatic heterocycles. The highest BCUT2D eigenvalue weighted by molar-refractivity contribution is 5.02. The molecule has 1 aliphatic carbocycles. The van der Waals surface area contributed by atoms with E-state index in [0.717, 1.165) is 19.3 Å². The molecule has 0 saturated heterocycles. The second-order valence-corrected chi connectivity index (χ2v) is 4.38. The normalized spacial score (nSPS) is 34.6. The van der Waals surface area contributed by atoms with Gasteiger partial charge in [0.2, 0.25) is 0 Å². The second-order valence-electron chi connectivity index (χ2n) is 4.38. The summed E-state index contributed by atoms with van der Waals surface area (Å²) in [6.07, 6.45) is 5.55. The maximum absolute atomic E-state index is 10.0. The Morgan fingerprint density at radius 1 is 1.62 bits per heavy atom. The molecule has 1 rings (SSSR count). The van der Waals surface area contributed by atoms with Gasteiger partial charge < -0.3 is 9.84 Å². The smallest absolute Gasteiger partial charge is 0.0681 e. The van der Waals surface area contributed by atoms with E-state index in [1.807, 2.05) is 0 Å². The molecule has 0 amide bonds. The minimum atomic E-state index is -0.331. The predicted molar refractivity (Wildman–Crippen MR) is 53.7 cm³/mol. The van der Waals surface area contributed by atoms with Crippen LogP contribution < -0.4 is 0 Å². The summed E-state index contributed by atoms with van der Waals surface area (Å²) < 4.78 is 5.16. The number of ether oxygens (including phenoxy) is 1. The highest BCUT2D eigenvalue weighted by atomic mass is 16.5. The van der Waals surface area contributed by atoms with Gasteiger partial charge in [0.1, 0.15) is 0 Å². The van der Waals surface area contributed by atoms with E-state index in [1.54, 1.807) is 7.11 Å². The van der Waals surface area contributed by atoms with Crippen LogP contribution >= 0.6 is 0 Å². The van der Waals surface area contributed by atoms with Gasteiger partial charge >= 0.3 is 0 Å². The molecule has 78 valence electrons. The lowest BCUT2D eigenvalue weighted by Gasteiger charge is -2.13. The van der Waals surface area contributed by atoms with Crippen molar-refractivity contribution in [2.75, 3.05) is 7.11 Å². The summed E-state index contributed by atoms with van der Waals surface area (Å²) in [6.45, 7) is 4.23. The molecule has 1 fully saturated rings. The van der Waals surface area contributed by atoms with E-state index in [1.165, 1.54) is 12.8 Å². The highest BCUT2D eigenvalue weighted by Gasteiger charge is 2.51. The first-order valence-corrected chi connectivity index (χ1v) is 5.37. The minimum absolute atomic E-state index is 0.284. The summed E-state index contributed by atoms with van der Waals surface area (Å²) in [5.74, 6) is 0.571. The molecular formula is C11H22O2. The summed E-state index contributed by atoms with van der Waals surface area (Å²) in [4.78, 5) is 0. The summed E-state index contributed by atoms with van der Waals surface area (Å²) in [5, 5.41) is 10.0. The molecular weight excluding hydrogens is 164 g/mol. The topological polar surface area (TPSA) is 29.5 Å². The van der Waals surface area contributed by atoms with Gasteiger partial charge in [-0.1, -0.05) is 13.3 Å². The van der Waals surface area contributed by atoms with Gasteiger partial charge in [0.25, 0.3) is 0 Å². The molecule has 0 radical (unpaired) electrons. The van der Waals surface area contributed by atoms with Gasteiger partial charge in [0, 0.05) is 7.11 Å². The molecule has 3 atom stereocenters. The van der Waals surface area contributed by atoms with Gasteiger partial charge in [-0.25, -0.2) is 0 Å². The summed E-state index contributed by atoms with van der Waals surface area (Å²) >= 11 is 0. The Hall–Kier alpha value is -0.0800. The largest absolute Gasteiger partial charge is 0.390 e. The van der Waals surface area contributed by atoms with Crippen LogP contribution in [0, 0.1) is 5.92 Å². The van der Waals surface area contributed by atoms with E-state index in [-0.39, 0.29) is 11.7 Å². The monoisotopic (exact) mass is 186 g/mol. The van der Waals surface area contributed by atoms with Crippen LogP contribution in [-0.4, -0.2) is 23.9 Å².